The van der Waals surface area contributed by atoms with Crippen molar-refractivity contribution in [2.24, 2.45) is 5.92 Å². The maximum absolute atomic E-state index is 12.2. The van der Waals surface area contributed by atoms with Crippen LogP contribution in [0.15, 0.2) is 23.2 Å². The fourth-order valence-electron chi connectivity index (χ4n) is 2.56. The number of amides is 1. The highest BCUT2D eigenvalue weighted by atomic mass is 32.2. The molecular formula is C15H23N3OS. The van der Waals surface area contributed by atoms with E-state index in [1.165, 1.54) is 24.6 Å². The molecule has 110 valence electrons. The third-order valence-electron chi connectivity index (χ3n) is 4.05. The summed E-state index contributed by atoms with van der Waals surface area (Å²) >= 11 is 1.52. The van der Waals surface area contributed by atoms with Crippen molar-refractivity contribution in [1.82, 2.24) is 9.88 Å². The number of nitrogens with zero attached hydrogens (tertiary/aromatic N) is 2. The van der Waals surface area contributed by atoms with Crippen molar-refractivity contribution in [3.63, 3.8) is 0 Å². The molecule has 0 unspecified atom stereocenters. The highest BCUT2D eigenvalue weighted by molar-refractivity contribution is 8.00. The lowest BCUT2D eigenvalue weighted by Crippen LogP contribution is -2.40. The maximum atomic E-state index is 12.2. The summed E-state index contributed by atoms with van der Waals surface area (Å²) in [7, 11) is 1.94. The number of anilines is 1. The summed E-state index contributed by atoms with van der Waals surface area (Å²) in [5, 5.41) is 0. The van der Waals surface area contributed by atoms with E-state index in [1.54, 1.807) is 12.3 Å². The van der Waals surface area contributed by atoms with Crippen molar-refractivity contribution in [3.8, 4) is 0 Å². The first-order chi connectivity index (χ1) is 9.56. The number of carbonyl (C=O) groups excluding carboxylic acids is 1. The van der Waals surface area contributed by atoms with Gasteiger partial charge in [0.2, 0.25) is 5.91 Å². The van der Waals surface area contributed by atoms with Gasteiger partial charge in [-0.05, 0) is 43.7 Å². The van der Waals surface area contributed by atoms with E-state index in [0.29, 0.717) is 17.6 Å². The average Bonchev–Trinajstić information content (AvgIpc) is 2.46. The van der Waals surface area contributed by atoms with Crippen LogP contribution < -0.4 is 5.73 Å². The number of nitrogens with two attached hydrogens (primary N) is 1. The molecule has 20 heavy (non-hydrogen) atoms. The van der Waals surface area contributed by atoms with Gasteiger partial charge in [0.1, 0.15) is 5.82 Å². The molecule has 1 saturated carbocycles. The lowest BCUT2D eigenvalue weighted by Gasteiger charge is -2.33. The van der Waals surface area contributed by atoms with Gasteiger partial charge in [-0.15, -0.1) is 11.8 Å². The quantitative estimate of drug-likeness (QED) is 0.867. The molecular weight excluding hydrogens is 270 g/mol. The maximum Gasteiger partial charge on any atom is 0.232 e. The topological polar surface area (TPSA) is 59.2 Å². The van der Waals surface area contributed by atoms with Crippen LogP contribution in [0.2, 0.25) is 0 Å². The second-order valence-corrected chi connectivity index (χ2v) is 6.67. The Morgan fingerprint density at radius 2 is 2.10 bits per heavy atom. The van der Waals surface area contributed by atoms with Crippen molar-refractivity contribution in [1.29, 1.82) is 0 Å². The summed E-state index contributed by atoms with van der Waals surface area (Å²) in [6.07, 6.45) is 6.46. The zero-order chi connectivity index (χ0) is 14.5. The Labute approximate surface area is 125 Å². The van der Waals surface area contributed by atoms with E-state index in [1.807, 2.05) is 18.0 Å². The van der Waals surface area contributed by atoms with Crippen LogP contribution in [-0.4, -0.2) is 34.6 Å². The van der Waals surface area contributed by atoms with Gasteiger partial charge in [-0.1, -0.05) is 6.92 Å². The number of carbonyl (C=O) groups is 1. The Balaban J connectivity index is 1.80. The summed E-state index contributed by atoms with van der Waals surface area (Å²) in [5.41, 5.74) is 5.54. The number of rotatable bonds is 4. The Bertz CT molecular complexity index is 441. The largest absolute Gasteiger partial charge is 0.384 e. The molecule has 1 amide bonds. The van der Waals surface area contributed by atoms with E-state index < -0.39 is 0 Å². The zero-order valence-electron chi connectivity index (χ0n) is 12.2. The third-order valence-corrected chi connectivity index (χ3v) is 5.01. The van der Waals surface area contributed by atoms with E-state index in [4.69, 9.17) is 5.73 Å². The summed E-state index contributed by atoms with van der Waals surface area (Å²) in [5.74, 6) is 1.99. The van der Waals surface area contributed by atoms with E-state index in [-0.39, 0.29) is 5.91 Å². The molecule has 1 aliphatic carbocycles. The molecule has 0 radical (unpaired) electrons. The molecule has 2 N–H and O–H groups in total. The minimum absolute atomic E-state index is 0.200. The predicted octanol–water partition coefficient (Wildman–Crippen LogP) is 2.79. The number of pyridine rings is 1. The zero-order valence-corrected chi connectivity index (χ0v) is 13.0. The highest BCUT2D eigenvalue weighted by Gasteiger charge is 2.24. The molecule has 0 aromatic carbocycles. The van der Waals surface area contributed by atoms with Crippen LogP contribution >= 0.6 is 11.8 Å². The van der Waals surface area contributed by atoms with Gasteiger partial charge in [-0.2, -0.15) is 0 Å². The summed E-state index contributed by atoms with van der Waals surface area (Å²) in [4.78, 5) is 19.2. The van der Waals surface area contributed by atoms with E-state index in [2.05, 4.69) is 11.9 Å². The van der Waals surface area contributed by atoms with Gasteiger partial charge in [0, 0.05) is 24.2 Å². The average molecular weight is 293 g/mol. The van der Waals surface area contributed by atoms with Crippen LogP contribution in [0.25, 0.3) is 0 Å². The molecule has 1 aliphatic rings. The Hall–Kier alpha value is -1.23. The molecule has 1 fully saturated rings. The second-order valence-electron chi connectivity index (χ2n) is 5.63. The minimum Gasteiger partial charge on any atom is -0.384 e. The van der Waals surface area contributed by atoms with Crippen LogP contribution in [-0.2, 0) is 4.79 Å². The van der Waals surface area contributed by atoms with Crippen molar-refractivity contribution >= 4 is 23.5 Å². The van der Waals surface area contributed by atoms with Gasteiger partial charge in [0.25, 0.3) is 0 Å². The molecule has 0 aliphatic heterocycles. The third kappa shape index (κ3) is 4.13. The van der Waals surface area contributed by atoms with Crippen molar-refractivity contribution in [3.05, 3.63) is 18.3 Å². The van der Waals surface area contributed by atoms with Crippen LogP contribution in [0.3, 0.4) is 0 Å². The SMILES string of the molecule is CC1CCC(N(C)C(=O)CSc2ccc(N)nc2)CC1. The standard InChI is InChI=1S/C15H23N3OS/c1-11-3-5-12(6-4-11)18(2)15(19)10-20-13-7-8-14(16)17-9-13/h7-9,11-12H,3-6,10H2,1-2H3,(H2,16,17). The smallest absolute Gasteiger partial charge is 0.232 e. The molecule has 4 nitrogen and oxygen atoms in total. The van der Waals surface area contributed by atoms with Crippen LogP contribution in [0, 0.1) is 5.92 Å². The predicted molar refractivity (Wildman–Crippen MR) is 83.6 cm³/mol. The fourth-order valence-corrected chi connectivity index (χ4v) is 3.34. The summed E-state index contributed by atoms with van der Waals surface area (Å²) < 4.78 is 0. The molecule has 1 aromatic heterocycles. The van der Waals surface area contributed by atoms with Gasteiger partial charge in [0.15, 0.2) is 0 Å². The van der Waals surface area contributed by atoms with Gasteiger partial charge >= 0.3 is 0 Å². The van der Waals surface area contributed by atoms with E-state index in [0.717, 1.165) is 23.7 Å². The van der Waals surface area contributed by atoms with Gasteiger partial charge < -0.3 is 10.6 Å². The monoisotopic (exact) mass is 293 g/mol. The summed E-state index contributed by atoms with van der Waals surface area (Å²) in [6, 6.07) is 4.09. The molecule has 5 heteroatoms. The van der Waals surface area contributed by atoms with Crippen molar-refractivity contribution in [2.45, 2.75) is 43.5 Å². The molecule has 0 saturated heterocycles. The van der Waals surface area contributed by atoms with Crippen molar-refractivity contribution < 1.29 is 4.79 Å². The molecule has 1 aromatic rings. The van der Waals surface area contributed by atoms with Gasteiger partial charge in [0.05, 0.1) is 5.75 Å². The Morgan fingerprint density at radius 3 is 2.70 bits per heavy atom. The minimum atomic E-state index is 0.200. The highest BCUT2D eigenvalue weighted by Crippen LogP contribution is 2.27. The van der Waals surface area contributed by atoms with Gasteiger partial charge in [-0.3, -0.25) is 4.79 Å². The number of thioether (sulfide) groups is 1. The van der Waals surface area contributed by atoms with Crippen LogP contribution in [0.1, 0.15) is 32.6 Å². The lowest BCUT2D eigenvalue weighted by atomic mass is 9.87. The van der Waals surface area contributed by atoms with Crippen LogP contribution in [0.4, 0.5) is 5.82 Å². The molecule has 0 bridgehead atoms. The fraction of sp³-hybridized carbons (Fsp3) is 0.600. The molecule has 2 rings (SSSR count). The molecule has 1 heterocycles. The number of aromatic nitrogens is 1. The molecule has 0 spiro atoms. The van der Waals surface area contributed by atoms with E-state index in [9.17, 15) is 4.79 Å². The normalized spacial score (nSPS) is 22.5. The first-order valence-electron chi connectivity index (χ1n) is 7.16. The van der Waals surface area contributed by atoms with Gasteiger partial charge in [-0.25, -0.2) is 4.98 Å². The lowest BCUT2D eigenvalue weighted by molar-refractivity contribution is -0.129. The first kappa shape index (κ1) is 15.2. The summed E-state index contributed by atoms with van der Waals surface area (Å²) in [6.45, 7) is 2.29. The number of hydrogen-bond donors (Lipinski definition) is 1. The number of nitrogen functional groups attached to an aromatic ring is 1. The number of hydrogen-bond acceptors (Lipinski definition) is 4. The Morgan fingerprint density at radius 1 is 1.40 bits per heavy atom. The first-order valence-corrected chi connectivity index (χ1v) is 8.15. The van der Waals surface area contributed by atoms with Crippen molar-refractivity contribution in [2.75, 3.05) is 18.5 Å². The van der Waals surface area contributed by atoms with Crippen LogP contribution in [0.5, 0.6) is 0 Å². The Kier molecular flexibility index (Phi) is 5.29. The second kappa shape index (κ2) is 6.97. The van der Waals surface area contributed by atoms with E-state index >= 15 is 0 Å². The molecule has 0 atom stereocenters.